The fourth-order valence-corrected chi connectivity index (χ4v) is 1.47. The molecule has 0 aliphatic rings. The topological polar surface area (TPSA) is 63.8 Å². The number of nitrogens with zero attached hydrogens (tertiary/aromatic N) is 2. The zero-order chi connectivity index (χ0) is 11.5. The molecular formula is C11H12N2O3. The van der Waals surface area contributed by atoms with Crippen molar-refractivity contribution < 1.29 is 14.6 Å². The van der Waals surface area contributed by atoms with Crippen LogP contribution in [0.3, 0.4) is 0 Å². The summed E-state index contributed by atoms with van der Waals surface area (Å²) >= 11 is 0. The Morgan fingerprint density at radius 1 is 1.62 bits per heavy atom. The first-order valence-corrected chi connectivity index (χ1v) is 4.96. The largest absolute Gasteiger partial charge is 0.489 e. The minimum absolute atomic E-state index is 0.0131. The first kappa shape index (κ1) is 10.5. The first-order valence-electron chi connectivity index (χ1n) is 4.96. The van der Waals surface area contributed by atoms with Crippen LogP contribution in [-0.4, -0.2) is 27.1 Å². The van der Waals surface area contributed by atoms with E-state index in [2.05, 4.69) is 4.98 Å². The molecule has 2 rings (SSSR count). The molecule has 0 aliphatic heterocycles. The van der Waals surface area contributed by atoms with Gasteiger partial charge in [0.2, 0.25) is 0 Å². The maximum absolute atomic E-state index is 10.4. The van der Waals surface area contributed by atoms with Gasteiger partial charge in [0, 0.05) is 12.4 Å². The van der Waals surface area contributed by atoms with Crippen molar-refractivity contribution in [2.75, 3.05) is 6.61 Å². The number of aryl methyl sites for hydroxylation is 1. The van der Waals surface area contributed by atoms with E-state index in [-0.39, 0.29) is 13.0 Å². The summed E-state index contributed by atoms with van der Waals surface area (Å²) in [7, 11) is 0. The summed E-state index contributed by atoms with van der Waals surface area (Å²) in [4.78, 5) is 14.7. The summed E-state index contributed by atoms with van der Waals surface area (Å²) in [6.07, 6.45) is 3.75. The maximum Gasteiger partial charge on any atom is 0.306 e. The van der Waals surface area contributed by atoms with Crippen LogP contribution in [0.1, 0.15) is 12.1 Å². The van der Waals surface area contributed by atoms with Crippen molar-refractivity contribution in [3.63, 3.8) is 0 Å². The summed E-state index contributed by atoms with van der Waals surface area (Å²) in [5.41, 5.74) is 1.61. The molecule has 0 fully saturated rings. The van der Waals surface area contributed by atoms with Crippen LogP contribution < -0.4 is 4.74 Å². The third kappa shape index (κ3) is 2.13. The molecule has 1 N–H and O–H groups in total. The second kappa shape index (κ2) is 4.22. The highest BCUT2D eigenvalue weighted by Crippen LogP contribution is 2.18. The van der Waals surface area contributed by atoms with E-state index in [1.807, 2.05) is 29.8 Å². The molecule has 0 bridgehead atoms. The van der Waals surface area contributed by atoms with Gasteiger partial charge in [0.05, 0.1) is 18.7 Å². The minimum atomic E-state index is -0.869. The maximum atomic E-state index is 10.4. The molecule has 0 atom stereocenters. The van der Waals surface area contributed by atoms with E-state index >= 15 is 0 Å². The van der Waals surface area contributed by atoms with Crippen LogP contribution >= 0.6 is 0 Å². The average molecular weight is 220 g/mol. The van der Waals surface area contributed by atoms with Crippen LogP contribution in [0.25, 0.3) is 5.65 Å². The van der Waals surface area contributed by atoms with Crippen LogP contribution in [0.15, 0.2) is 24.5 Å². The van der Waals surface area contributed by atoms with Crippen LogP contribution in [0.2, 0.25) is 0 Å². The Kier molecular flexibility index (Phi) is 2.76. The average Bonchev–Trinajstić information content (AvgIpc) is 2.58. The summed E-state index contributed by atoms with van der Waals surface area (Å²) < 4.78 is 7.23. The van der Waals surface area contributed by atoms with Gasteiger partial charge in [-0.3, -0.25) is 4.79 Å². The van der Waals surface area contributed by atoms with Gasteiger partial charge in [-0.15, -0.1) is 0 Å². The number of carbonyl (C=O) groups is 1. The van der Waals surface area contributed by atoms with Crippen molar-refractivity contribution in [2.24, 2.45) is 0 Å². The zero-order valence-electron chi connectivity index (χ0n) is 8.88. The Balaban J connectivity index is 2.20. The number of rotatable bonds is 4. The van der Waals surface area contributed by atoms with Gasteiger partial charge in [0.1, 0.15) is 0 Å². The zero-order valence-corrected chi connectivity index (χ0v) is 8.88. The summed E-state index contributed by atoms with van der Waals surface area (Å²) in [5, 5.41) is 8.51. The van der Waals surface area contributed by atoms with E-state index in [9.17, 15) is 4.79 Å². The SMILES string of the molecule is Cc1cn2cccc(OCCC(=O)O)c2n1. The standard InChI is InChI=1S/C11H12N2O3/c1-8-7-13-5-2-3-9(11(13)12-8)16-6-4-10(14)15/h2-3,5,7H,4,6H2,1H3,(H,14,15). The molecule has 5 nitrogen and oxygen atoms in total. The van der Waals surface area contributed by atoms with Crippen molar-refractivity contribution in [3.8, 4) is 5.75 Å². The Hall–Kier alpha value is -2.04. The highest BCUT2D eigenvalue weighted by Gasteiger charge is 2.05. The van der Waals surface area contributed by atoms with Crippen LogP contribution in [-0.2, 0) is 4.79 Å². The molecule has 0 aliphatic carbocycles. The van der Waals surface area contributed by atoms with Crippen LogP contribution in [0.4, 0.5) is 0 Å². The lowest BCUT2D eigenvalue weighted by atomic mass is 10.4. The Morgan fingerprint density at radius 2 is 2.44 bits per heavy atom. The van der Waals surface area contributed by atoms with E-state index in [0.717, 1.165) is 5.69 Å². The number of carboxylic acids is 1. The molecule has 0 spiro atoms. The fraction of sp³-hybridized carbons (Fsp3) is 0.273. The number of ether oxygens (including phenoxy) is 1. The highest BCUT2D eigenvalue weighted by molar-refractivity contribution is 5.66. The predicted molar refractivity (Wildman–Crippen MR) is 57.7 cm³/mol. The predicted octanol–water partition coefficient (Wildman–Crippen LogP) is 1.50. The number of hydrogen-bond acceptors (Lipinski definition) is 3. The summed E-state index contributed by atoms with van der Waals surface area (Å²) in [5.74, 6) is -0.261. The molecule has 0 aromatic carbocycles. The monoisotopic (exact) mass is 220 g/mol. The molecule has 0 unspecified atom stereocenters. The molecular weight excluding hydrogens is 208 g/mol. The Morgan fingerprint density at radius 3 is 3.19 bits per heavy atom. The normalized spacial score (nSPS) is 10.6. The smallest absolute Gasteiger partial charge is 0.306 e. The van der Waals surface area contributed by atoms with Crippen molar-refractivity contribution in [1.82, 2.24) is 9.38 Å². The van der Waals surface area contributed by atoms with Crippen molar-refractivity contribution in [2.45, 2.75) is 13.3 Å². The molecule has 84 valence electrons. The molecule has 2 aromatic rings. The van der Waals surface area contributed by atoms with Crippen molar-refractivity contribution >= 4 is 11.6 Å². The molecule has 2 heterocycles. The van der Waals surface area contributed by atoms with E-state index in [4.69, 9.17) is 9.84 Å². The minimum Gasteiger partial charge on any atom is -0.489 e. The lowest BCUT2D eigenvalue weighted by Gasteiger charge is -2.05. The van der Waals surface area contributed by atoms with Crippen molar-refractivity contribution in [1.29, 1.82) is 0 Å². The molecule has 2 aromatic heterocycles. The van der Waals surface area contributed by atoms with Gasteiger partial charge in [-0.2, -0.15) is 0 Å². The van der Waals surface area contributed by atoms with Crippen LogP contribution in [0.5, 0.6) is 5.75 Å². The molecule has 16 heavy (non-hydrogen) atoms. The summed E-state index contributed by atoms with van der Waals surface area (Å²) in [6.45, 7) is 2.05. The lowest BCUT2D eigenvalue weighted by Crippen LogP contribution is -2.05. The molecule has 5 heteroatoms. The third-order valence-corrected chi connectivity index (χ3v) is 2.14. The highest BCUT2D eigenvalue weighted by atomic mass is 16.5. The van der Waals surface area contributed by atoms with E-state index in [0.29, 0.717) is 11.4 Å². The lowest BCUT2D eigenvalue weighted by molar-refractivity contribution is -0.137. The number of aliphatic carboxylic acids is 1. The van der Waals surface area contributed by atoms with Gasteiger partial charge < -0.3 is 14.2 Å². The second-order valence-electron chi connectivity index (χ2n) is 3.48. The number of pyridine rings is 1. The number of imidazole rings is 1. The Labute approximate surface area is 92.3 Å². The van der Waals surface area contributed by atoms with Gasteiger partial charge in [0.15, 0.2) is 11.4 Å². The molecule has 0 amide bonds. The number of carboxylic acid groups (broad SMARTS) is 1. The fourth-order valence-electron chi connectivity index (χ4n) is 1.47. The summed E-state index contributed by atoms with van der Waals surface area (Å²) in [6, 6.07) is 3.62. The van der Waals surface area contributed by atoms with Crippen LogP contribution in [0, 0.1) is 6.92 Å². The van der Waals surface area contributed by atoms with E-state index in [1.165, 1.54) is 0 Å². The van der Waals surface area contributed by atoms with Crippen molar-refractivity contribution in [3.05, 3.63) is 30.2 Å². The molecule has 0 saturated heterocycles. The first-order chi connectivity index (χ1) is 7.66. The quantitative estimate of drug-likeness (QED) is 0.848. The van der Waals surface area contributed by atoms with Gasteiger partial charge in [0.25, 0.3) is 0 Å². The van der Waals surface area contributed by atoms with Gasteiger partial charge in [-0.05, 0) is 19.1 Å². The van der Waals surface area contributed by atoms with Gasteiger partial charge in [-0.1, -0.05) is 0 Å². The third-order valence-electron chi connectivity index (χ3n) is 2.14. The Bertz CT molecular complexity index is 519. The van der Waals surface area contributed by atoms with Gasteiger partial charge in [-0.25, -0.2) is 4.98 Å². The number of fused-ring (bicyclic) bond motifs is 1. The number of hydrogen-bond donors (Lipinski definition) is 1. The molecule has 0 radical (unpaired) electrons. The van der Waals surface area contributed by atoms with Gasteiger partial charge >= 0.3 is 5.97 Å². The van der Waals surface area contributed by atoms with E-state index < -0.39 is 5.97 Å². The second-order valence-corrected chi connectivity index (χ2v) is 3.48. The molecule has 0 saturated carbocycles. The van der Waals surface area contributed by atoms with E-state index in [1.54, 1.807) is 6.07 Å². The number of aromatic nitrogens is 2.